The van der Waals surface area contributed by atoms with Crippen molar-refractivity contribution < 1.29 is 5.11 Å². The summed E-state index contributed by atoms with van der Waals surface area (Å²) in [7, 11) is 0. The van der Waals surface area contributed by atoms with Crippen LogP contribution in [0, 0.1) is 5.92 Å². The molecule has 1 heterocycles. The molecular formula is C17H34N2O. The molecule has 118 valence electrons. The van der Waals surface area contributed by atoms with Gasteiger partial charge in [0.05, 0.1) is 6.10 Å². The number of piperidine rings is 1. The molecule has 2 aliphatic rings. The van der Waals surface area contributed by atoms with Gasteiger partial charge in [-0.1, -0.05) is 39.5 Å². The molecule has 2 rings (SSSR count). The van der Waals surface area contributed by atoms with Gasteiger partial charge in [-0.25, -0.2) is 0 Å². The first kappa shape index (κ1) is 16.3. The van der Waals surface area contributed by atoms with Gasteiger partial charge < -0.3 is 15.3 Å². The highest BCUT2D eigenvalue weighted by molar-refractivity contribution is 4.84. The van der Waals surface area contributed by atoms with Crippen molar-refractivity contribution in [3.8, 4) is 0 Å². The van der Waals surface area contributed by atoms with Crippen LogP contribution < -0.4 is 5.32 Å². The van der Waals surface area contributed by atoms with E-state index < -0.39 is 0 Å². The predicted octanol–water partition coefficient (Wildman–Crippen LogP) is 2.78. The summed E-state index contributed by atoms with van der Waals surface area (Å²) >= 11 is 0. The molecule has 1 aliphatic heterocycles. The Balaban J connectivity index is 1.63. The lowest BCUT2D eigenvalue weighted by Crippen LogP contribution is -2.48. The Hall–Kier alpha value is -0.120. The van der Waals surface area contributed by atoms with Gasteiger partial charge in [0.2, 0.25) is 0 Å². The van der Waals surface area contributed by atoms with E-state index >= 15 is 0 Å². The lowest BCUT2D eigenvalue weighted by molar-refractivity contribution is 0.0908. The van der Waals surface area contributed by atoms with E-state index in [1.165, 1.54) is 58.0 Å². The van der Waals surface area contributed by atoms with Gasteiger partial charge >= 0.3 is 0 Å². The van der Waals surface area contributed by atoms with Crippen molar-refractivity contribution in [3.05, 3.63) is 0 Å². The fraction of sp³-hybridized carbons (Fsp3) is 1.00. The maximum atomic E-state index is 10.0. The minimum absolute atomic E-state index is 0.184. The largest absolute Gasteiger partial charge is 0.392 e. The van der Waals surface area contributed by atoms with E-state index in [0.717, 1.165) is 19.0 Å². The number of likely N-dealkylation sites (tertiary alicyclic amines) is 1. The quantitative estimate of drug-likeness (QED) is 0.786. The van der Waals surface area contributed by atoms with Gasteiger partial charge in [-0.3, -0.25) is 0 Å². The molecule has 2 unspecified atom stereocenters. The zero-order valence-corrected chi connectivity index (χ0v) is 13.5. The van der Waals surface area contributed by atoms with E-state index in [-0.39, 0.29) is 6.10 Å². The molecule has 0 spiro atoms. The molecule has 3 heteroatoms. The third-order valence-corrected chi connectivity index (χ3v) is 5.54. The van der Waals surface area contributed by atoms with Crippen LogP contribution in [-0.2, 0) is 0 Å². The van der Waals surface area contributed by atoms with E-state index in [1.807, 2.05) is 0 Å². The molecule has 0 aromatic rings. The minimum atomic E-state index is -0.184. The fourth-order valence-electron chi connectivity index (χ4n) is 3.68. The van der Waals surface area contributed by atoms with E-state index in [0.29, 0.717) is 12.0 Å². The van der Waals surface area contributed by atoms with Crippen LogP contribution in [0.1, 0.15) is 65.2 Å². The topological polar surface area (TPSA) is 35.5 Å². The number of hydrogen-bond donors (Lipinski definition) is 2. The first-order chi connectivity index (χ1) is 9.70. The van der Waals surface area contributed by atoms with Crippen LogP contribution in [0.5, 0.6) is 0 Å². The zero-order valence-electron chi connectivity index (χ0n) is 13.5. The summed E-state index contributed by atoms with van der Waals surface area (Å²) in [5.41, 5.74) is 0. The van der Waals surface area contributed by atoms with Crippen molar-refractivity contribution in [3.63, 3.8) is 0 Å². The van der Waals surface area contributed by atoms with Crippen molar-refractivity contribution in [1.29, 1.82) is 0 Å². The van der Waals surface area contributed by atoms with Crippen LogP contribution in [0.15, 0.2) is 0 Å². The summed E-state index contributed by atoms with van der Waals surface area (Å²) in [5, 5.41) is 13.6. The predicted molar refractivity (Wildman–Crippen MR) is 84.9 cm³/mol. The highest BCUT2D eigenvalue weighted by atomic mass is 16.3. The van der Waals surface area contributed by atoms with Crippen LogP contribution >= 0.6 is 0 Å². The van der Waals surface area contributed by atoms with Crippen molar-refractivity contribution >= 4 is 0 Å². The molecule has 1 aliphatic carbocycles. The SMILES string of the molecule is CCC(C)C(O)CNC1CCN(C2CCCCC2)CC1. The Bertz CT molecular complexity index is 258. The number of nitrogens with one attached hydrogen (secondary N) is 1. The summed E-state index contributed by atoms with van der Waals surface area (Å²) in [5.74, 6) is 0.407. The summed E-state index contributed by atoms with van der Waals surface area (Å²) in [6, 6.07) is 1.49. The van der Waals surface area contributed by atoms with Crippen LogP contribution in [0.2, 0.25) is 0 Å². The molecule has 3 nitrogen and oxygen atoms in total. The van der Waals surface area contributed by atoms with E-state index in [1.54, 1.807) is 0 Å². The van der Waals surface area contributed by atoms with Gasteiger partial charge in [-0.05, 0) is 44.7 Å². The molecule has 20 heavy (non-hydrogen) atoms. The Morgan fingerprint density at radius 1 is 1.10 bits per heavy atom. The first-order valence-corrected chi connectivity index (χ1v) is 8.86. The lowest BCUT2D eigenvalue weighted by atomic mass is 9.92. The summed E-state index contributed by atoms with van der Waals surface area (Å²) in [6.07, 6.45) is 10.5. The summed E-state index contributed by atoms with van der Waals surface area (Å²) in [4.78, 5) is 2.72. The van der Waals surface area contributed by atoms with E-state index in [9.17, 15) is 5.11 Å². The highest BCUT2D eigenvalue weighted by Crippen LogP contribution is 2.25. The maximum absolute atomic E-state index is 10.0. The van der Waals surface area contributed by atoms with E-state index in [4.69, 9.17) is 0 Å². The standard InChI is InChI=1S/C17H34N2O/c1-3-14(2)17(20)13-18-15-9-11-19(12-10-15)16-7-5-4-6-8-16/h14-18,20H,3-13H2,1-2H3. The molecule has 0 bridgehead atoms. The second-order valence-electron chi connectivity index (χ2n) is 6.96. The number of hydrogen-bond acceptors (Lipinski definition) is 3. The average molecular weight is 282 g/mol. The number of aliphatic hydroxyl groups is 1. The Kier molecular flexibility index (Phi) is 6.79. The van der Waals surface area contributed by atoms with Gasteiger partial charge in [0.1, 0.15) is 0 Å². The normalized spacial score (nSPS) is 26.6. The summed E-state index contributed by atoms with van der Waals surface area (Å²) < 4.78 is 0. The van der Waals surface area contributed by atoms with E-state index in [2.05, 4.69) is 24.1 Å². The monoisotopic (exact) mass is 282 g/mol. The first-order valence-electron chi connectivity index (χ1n) is 8.86. The Morgan fingerprint density at radius 2 is 1.75 bits per heavy atom. The zero-order chi connectivity index (χ0) is 14.4. The molecule has 0 aromatic heterocycles. The van der Waals surface area contributed by atoms with Gasteiger partial charge in [-0.15, -0.1) is 0 Å². The van der Waals surface area contributed by atoms with Crippen LogP contribution in [0.4, 0.5) is 0 Å². The van der Waals surface area contributed by atoms with Gasteiger partial charge in [0, 0.05) is 18.6 Å². The second-order valence-corrected chi connectivity index (χ2v) is 6.96. The maximum Gasteiger partial charge on any atom is 0.0690 e. The highest BCUT2D eigenvalue weighted by Gasteiger charge is 2.26. The summed E-state index contributed by atoms with van der Waals surface area (Å²) in [6.45, 7) is 7.56. The average Bonchev–Trinajstić information content (AvgIpc) is 2.53. The Morgan fingerprint density at radius 3 is 2.35 bits per heavy atom. The molecule has 0 radical (unpaired) electrons. The van der Waals surface area contributed by atoms with Gasteiger partial charge in [-0.2, -0.15) is 0 Å². The second kappa shape index (κ2) is 8.35. The molecule has 1 saturated heterocycles. The molecule has 1 saturated carbocycles. The molecular weight excluding hydrogens is 248 g/mol. The molecule has 2 atom stereocenters. The smallest absolute Gasteiger partial charge is 0.0690 e. The minimum Gasteiger partial charge on any atom is -0.392 e. The van der Waals surface area contributed by atoms with Crippen LogP contribution in [0.3, 0.4) is 0 Å². The van der Waals surface area contributed by atoms with Crippen molar-refractivity contribution in [2.45, 2.75) is 83.4 Å². The third kappa shape index (κ3) is 4.71. The molecule has 2 N–H and O–H groups in total. The van der Waals surface area contributed by atoms with Crippen LogP contribution in [-0.4, -0.2) is 47.8 Å². The van der Waals surface area contributed by atoms with Crippen LogP contribution in [0.25, 0.3) is 0 Å². The lowest BCUT2D eigenvalue weighted by Gasteiger charge is -2.39. The molecule has 0 aromatic carbocycles. The molecule has 2 fully saturated rings. The number of nitrogens with zero attached hydrogens (tertiary/aromatic N) is 1. The third-order valence-electron chi connectivity index (χ3n) is 5.54. The molecule has 0 amide bonds. The number of aliphatic hydroxyl groups excluding tert-OH is 1. The fourth-order valence-corrected chi connectivity index (χ4v) is 3.68. The number of rotatable bonds is 6. The van der Waals surface area contributed by atoms with Gasteiger partial charge in [0.15, 0.2) is 0 Å². The van der Waals surface area contributed by atoms with Crippen molar-refractivity contribution in [1.82, 2.24) is 10.2 Å². The van der Waals surface area contributed by atoms with Gasteiger partial charge in [0.25, 0.3) is 0 Å². The van der Waals surface area contributed by atoms with Crippen molar-refractivity contribution in [2.75, 3.05) is 19.6 Å². The Labute approximate surface area is 125 Å². The van der Waals surface area contributed by atoms with Crippen molar-refractivity contribution in [2.24, 2.45) is 5.92 Å².